The lowest BCUT2D eigenvalue weighted by atomic mass is 9.98. The molecule has 2 atom stereocenters. The molecular formula is C15H23F3N4O2. The number of carbonyl (C=O) groups is 1. The molecule has 9 heteroatoms. The summed E-state index contributed by atoms with van der Waals surface area (Å²) in [7, 11) is 1.43. The SMILES string of the molecule is CC(C)c1nnc(CCC(=O)N[C@H]2CC[C@H](C(F)(F)F)N(C)C2)o1. The zero-order valence-corrected chi connectivity index (χ0v) is 14.1. The van der Waals surface area contributed by atoms with E-state index < -0.39 is 12.2 Å². The number of hydrogen-bond donors (Lipinski definition) is 1. The maximum atomic E-state index is 12.8. The van der Waals surface area contributed by atoms with Gasteiger partial charge in [0.25, 0.3) is 0 Å². The molecular weight excluding hydrogens is 325 g/mol. The minimum absolute atomic E-state index is 0.00758. The Labute approximate surface area is 138 Å². The summed E-state index contributed by atoms with van der Waals surface area (Å²) in [5, 5.41) is 10.5. The van der Waals surface area contributed by atoms with Gasteiger partial charge >= 0.3 is 6.18 Å². The van der Waals surface area contributed by atoms with Crippen molar-refractivity contribution in [2.45, 2.75) is 63.7 Å². The van der Waals surface area contributed by atoms with Gasteiger partial charge in [0.2, 0.25) is 17.7 Å². The van der Waals surface area contributed by atoms with Crippen LogP contribution in [0.5, 0.6) is 0 Å². The van der Waals surface area contributed by atoms with Crippen LogP contribution in [0.15, 0.2) is 4.42 Å². The van der Waals surface area contributed by atoms with Crippen LogP contribution >= 0.6 is 0 Å². The predicted molar refractivity (Wildman–Crippen MR) is 80.3 cm³/mol. The summed E-state index contributed by atoms with van der Waals surface area (Å²) in [5.41, 5.74) is 0. The molecule has 0 aliphatic carbocycles. The zero-order valence-electron chi connectivity index (χ0n) is 14.1. The average Bonchev–Trinajstić information content (AvgIpc) is 2.93. The molecule has 0 saturated carbocycles. The van der Waals surface area contributed by atoms with E-state index in [4.69, 9.17) is 4.42 Å². The number of rotatable bonds is 5. The van der Waals surface area contributed by atoms with Crippen molar-refractivity contribution in [1.29, 1.82) is 0 Å². The maximum absolute atomic E-state index is 12.8. The van der Waals surface area contributed by atoms with Gasteiger partial charge in [-0.25, -0.2) is 0 Å². The second-order valence-corrected chi connectivity index (χ2v) is 6.53. The van der Waals surface area contributed by atoms with Crippen LogP contribution in [0.4, 0.5) is 13.2 Å². The Hall–Kier alpha value is -1.64. The first-order chi connectivity index (χ1) is 11.2. The van der Waals surface area contributed by atoms with E-state index >= 15 is 0 Å². The summed E-state index contributed by atoms with van der Waals surface area (Å²) in [6.45, 7) is 4.05. The molecule has 1 N–H and O–H groups in total. The van der Waals surface area contributed by atoms with Crippen molar-refractivity contribution in [3.8, 4) is 0 Å². The lowest BCUT2D eigenvalue weighted by molar-refractivity contribution is -0.188. The number of aromatic nitrogens is 2. The highest BCUT2D eigenvalue weighted by molar-refractivity contribution is 5.76. The van der Waals surface area contributed by atoms with Gasteiger partial charge in [0.05, 0.1) is 0 Å². The fourth-order valence-electron chi connectivity index (χ4n) is 2.80. The lowest BCUT2D eigenvalue weighted by Crippen LogP contribution is -2.54. The minimum atomic E-state index is -4.23. The summed E-state index contributed by atoms with van der Waals surface area (Å²) in [6, 6.07) is -1.70. The van der Waals surface area contributed by atoms with E-state index in [2.05, 4.69) is 15.5 Å². The molecule has 0 spiro atoms. The molecule has 0 bridgehead atoms. The molecule has 0 radical (unpaired) electrons. The van der Waals surface area contributed by atoms with E-state index in [1.54, 1.807) is 0 Å². The number of carbonyl (C=O) groups excluding carboxylic acids is 1. The molecule has 1 amide bonds. The molecule has 1 saturated heterocycles. The minimum Gasteiger partial charge on any atom is -0.425 e. The Morgan fingerprint density at radius 1 is 1.38 bits per heavy atom. The predicted octanol–water partition coefficient (Wildman–Crippen LogP) is 2.27. The van der Waals surface area contributed by atoms with Crippen molar-refractivity contribution in [3.63, 3.8) is 0 Å². The third-order valence-corrected chi connectivity index (χ3v) is 4.11. The Bertz CT molecular complexity index is 559. The second-order valence-electron chi connectivity index (χ2n) is 6.53. The number of halogens is 3. The molecule has 24 heavy (non-hydrogen) atoms. The molecule has 0 unspecified atom stereocenters. The first-order valence-corrected chi connectivity index (χ1v) is 8.05. The monoisotopic (exact) mass is 348 g/mol. The van der Waals surface area contributed by atoms with E-state index in [0.717, 1.165) is 0 Å². The Balaban J connectivity index is 1.77. The van der Waals surface area contributed by atoms with Gasteiger partial charge in [-0.1, -0.05) is 13.8 Å². The molecule has 1 fully saturated rings. The molecule has 0 aromatic carbocycles. The quantitative estimate of drug-likeness (QED) is 0.884. The number of piperidine rings is 1. The molecule has 1 aliphatic rings. The normalized spacial score (nSPS) is 22.8. The molecule has 1 aromatic rings. The van der Waals surface area contributed by atoms with Crippen molar-refractivity contribution < 1.29 is 22.4 Å². The van der Waals surface area contributed by atoms with Gasteiger partial charge in [-0.15, -0.1) is 10.2 Å². The highest BCUT2D eigenvalue weighted by Crippen LogP contribution is 2.30. The summed E-state index contributed by atoms with van der Waals surface area (Å²) in [5.74, 6) is 0.826. The van der Waals surface area contributed by atoms with E-state index in [1.165, 1.54) is 11.9 Å². The number of nitrogens with zero attached hydrogens (tertiary/aromatic N) is 3. The smallest absolute Gasteiger partial charge is 0.404 e. The fourth-order valence-corrected chi connectivity index (χ4v) is 2.80. The number of hydrogen-bond acceptors (Lipinski definition) is 5. The molecule has 2 rings (SSSR count). The van der Waals surface area contributed by atoms with Gasteiger partial charge in [-0.05, 0) is 19.9 Å². The summed E-state index contributed by atoms with van der Waals surface area (Å²) in [6.07, 6.45) is -3.43. The number of likely N-dealkylation sites (tertiary alicyclic amines) is 1. The third kappa shape index (κ3) is 4.93. The number of likely N-dealkylation sites (N-methyl/N-ethyl adjacent to an activating group) is 1. The van der Waals surface area contributed by atoms with Gasteiger partial charge in [-0.3, -0.25) is 9.69 Å². The van der Waals surface area contributed by atoms with Gasteiger partial charge in [-0.2, -0.15) is 13.2 Å². The molecule has 136 valence electrons. The first-order valence-electron chi connectivity index (χ1n) is 8.05. The van der Waals surface area contributed by atoms with E-state index in [1.807, 2.05) is 13.8 Å². The molecule has 2 heterocycles. The zero-order chi connectivity index (χ0) is 17.9. The van der Waals surface area contributed by atoms with Crippen LogP contribution in [0.2, 0.25) is 0 Å². The van der Waals surface area contributed by atoms with Crippen LogP contribution in [0.25, 0.3) is 0 Å². The van der Waals surface area contributed by atoms with Crippen LogP contribution in [-0.4, -0.2) is 52.9 Å². The summed E-state index contributed by atoms with van der Waals surface area (Å²) < 4.78 is 43.8. The van der Waals surface area contributed by atoms with Crippen LogP contribution in [0, 0.1) is 0 Å². The van der Waals surface area contributed by atoms with Gasteiger partial charge in [0.15, 0.2) is 0 Å². The van der Waals surface area contributed by atoms with E-state index in [-0.39, 0.29) is 37.3 Å². The standard InChI is InChI=1S/C15H23F3N4O2/c1-9(2)14-21-20-13(24-14)7-6-12(23)19-10-4-5-11(15(16,17)18)22(3)8-10/h9-11H,4-8H2,1-3H3,(H,19,23)/t10-,11+/m0/s1. The van der Waals surface area contributed by atoms with Crippen LogP contribution < -0.4 is 5.32 Å². The summed E-state index contributed by atoms with van der Waals surface area (Å²) in [4.78, 5) is 13.2. The van der Waals surface area contributed by atoms with Crippen LogP contribution in [0.1, 0.15) is 50.8 Å². The maximum Gasteiger partial charge on any atom is 0.404 e. The largest absolute Gasteiger partial charge is 0.425 e. The fraction of sp³-hybridized carbons (Fsp3) is 0.800. The molecule has 6 nitrogen and oxygen atoms in total. The topological polar surface area (TPSA) is 71.3 Å². The number of amides is 1. The summed E-state index contributed by atoms with van der Waals surface area (Å²) >= 11 is 0. The van der Waals surface area contributed by atoms with Crippen molar-refractivity contribution in [1.82, 2.24) is 20.4 Å². The van der Waals surface area contributed by atoms with Crippen molar-refractivity contribution in [3.05, 3.63) is 11.8 Å². The number of aryl methyl sites for hydroxylation is 1. The highest BCUT2D eigenvalue weighted by atomic mass is 19.4. The van der Waals surface area contributed by atoms with Crippen LogP contribution in [-0.2, 0) is 11.2 Å². The van der Waals surface area contributed by atoms with Gasteiger partial charge in [0.1, 0.15) is 6.04 Å². The van der Waals surface area contributed by atoms with E-state index in [9.17, 15) is 18.0 Å². The van der Waals surface area contributed by atoms with Gasteiger partial charge in [0, 0.05) is 31.3 Å². The van der Waals surface area contributed by atoms with Crippen molar-refractivity contribution in [2.75, 3.05) is 13.6 Å². The lowest BCUT2D eigenvalue weighted by Gasteiger charge is -2.38. The highest BCUT2D eigenvalue weighted by Gasteiger charge is 2.44. The van der Waals surface area contributed by atoms with Gasteiger partial charge < -0.3 is 9.73 Å². The van der Waals surface area contributed by atoms with Crippen molar-refractivity contribution in [2.24, 2.45) is 0 Å². The average molecular weight is 348 g/mol. The number of nitrogens with one attached hydrogen (secondary N) is 1. The van der Waals surface area contributed by atoms with Crippen LogP contribution in [0.3, 0.4) is 0 Å². The van der Waals surface area contributed by atoms with Crippen molar-refractivity contribution >= 4 is 5.91 Å². The first kappa shape index (κ1) is 18.7. The van der Waals surface area contributed by atoms with E-state index in [0.29, 0.717) is 24.6 Å². The Morgan fingerprint density at radius 3 is 2.62 bits per heavy atom. The molecule has 1 aromatic heterocycles. The second kappa shape index (κ2) is 7.50. The Morgan fingerprint density at radius 2 is 2.08 bits per heavy atom. The molecule has 1 aliphatic heterocycles. The Kier molecular flexibility index (Phi) is 5.84. The number of alkyl halides is 3. The third-order valence-electron chi connectivity index (χ3n) is 4.11.